The van der Waals surface area contributed by atoms with Crippen molar-refractivity contribution in [1.29, 1.82) is 0 Å². The van der Waals surface area contributed by atoms with E-state index < -0.39 is 0 Å². The van der Waals surface area contributed by atoms with Crippen molar-refractivity contribution in [1.82, 2.24) is 5.32 Å². The third kappa shape index (κ3) is 4.07. The summed E-state index contributed by atoms with van der Waals surface area (Å²) in [7, 11) is 0. The number of anilines is 1. The summed E-state index contributed by atoms with van der Waals surface area (Å²) < 4.78 is 0. The Bertz CT molecular complexity index is 588. The van der Waals surface area contributed by atoms with Crippen LogP contribution in [-0.4, -0.2) is 5.91 Å². The van der Waals surface area contributed by atoms with Gasteiger partial charge in [0.1, 0.15) is 0 Å². The Labute approximate surface area is 125 Å². The summed E-state index contributed by atoms with van der Waals surface area (Å²) in [5.41, 5.74) is 6.32. The normalized spacial score (nSPS) is 10.5. The first-order valence-electron chi connectivity index (χ1n) is 7.04. The summed E-state index contributed by atoms with van der Waals surface area (Å²) in [6, 6.07) is 15.3. The van der Waals surface area contributed by atoms with Crippen LogP contribution in [-0.2, 0) is 6.54 Å². The van der Waals surface area contributed by atoms with Crippen molar-refractivity contribution in [2.75, 3.05) is 5.43 Å². The van der Waals surface area contributed by atoms with Crippen molar-refractivity contribution >= 4 is 11.6 Å². The smallest absolute Gasteiger partial charge is 0.251 e. The number of rotatable bonds is 5. The molecule has 0 saturated carbocycles. The molecule has 0 spiro atoms. The SMILES string of the molecule is CC(C)c1ccc(CNC(=O)c2ccc(NN)cc2)cc1. The molecule has 0 saturated heterocycles. The highest BCUT2D eigenvalue weighted by molar-refractivity contribution is 5.94. The van der Waals surface area contributed by atoms with E-state index >= 15 is 0 Å². The lowest BCUT2D eigenvalue weighted by molar-refractivity contribution is 0.0951. The summed E-state index contributed by atoms with van der Waals surface area (Å²) in [5.74, 6) is 5.72. The Morgan fingerprint density at radius 2 is 1.67 bits per heavy atom. The molecule has 0 aliphatic rings. The molecule has 2 rings (SSSR count). The first kappa shape index (κ1) is 15.1. The van der Waals surface area contributed by atoms with E-state index in [9.17, 15) is 4.79 Å². The molecule has 0 atom stereocenters. The van der Waals surface area contributed by atoms with E-state index in [-0.39, 0.29) is 5.91 Å². The van der Waals surface area contributed by atoms with Crippen LogP contribution in [0.4, 0.5) is 5.69 Å². The number of hydrazine groups is 1. The van der Waals surface area contributed by atoms with Crippen molar-refractivity contribution in [2.24, 2.45) is 5.84 Å². The van der Waals surface area contributed by atoms with Gasteiger partial charge < -0.3 is 10.7 Å². The van der Waals surface area contributed by atoms with Crippen molar-refractivity contribution in [3.05, 3.63) is 65.2 Å². The first-order valence-corrected chi connectivity index (χ1v) is 7.04. The second kappa shape index (κ2) is 6.90. The van der Waals surface area contributed by atoms with Crippen molar-refractivity contribution in [3.63, 3.8) is 0 Å². The average Bonchev–Trinajstić information content (AvgIpc) is 2.53. The minimum atomic E-state index is -0.0912. The van der Waals surface area contributed by atoms with Crippen molar-refractivity contribution in [3.8, 4) is 0 Å². The molecule has 0 aromatic heterocycles. The second-order valence-corrected chi connectivity index (χ2v) is 5.30. The fourth-order valence-corrected chi connectivity index (χ4v) is 2.02. The molecule has 0 radical (unpaired) electrons. The van der Waals surface area contributed by atoms with Gasteiger partial charge in [-0.25, -0.2) is 0 Å². The number of carbonyl (C=O) groups excluding carboxylic acids is 1. The zero-order valence-corrected chi connectivity index (χ0v) is 12.4. The number of nitrogens with one attached hydrogen (secondary N) is 2. The fraction of sp³-hybridized carbons (Fsp3) is 0.235. The van der Waals surface area contributed by atoms with Crippen LogP contribution >= 0.6 is 0 Å². The lowest BCUT2D eigenvalue weighted by atomic mass is 10.0. The van der Waals surface area contributed by atoms with Gasteiger partial charge in [0.25, 0.3) is 5.91 Å². The Balaban J connectivity index is 1.93. The highest BCUT2D eigenvalue weighted by Crippen LogP contribution is 2.14. The van der Waals surface area contributed by atoms with E-state index in [1.54, 1.807) is 24.3 Å². The van der Waals surface area contributed by atoms with Crippen LogP contribution in [0.25, 0.3) is 0 Å². The van der Waals surface area contributed by atoms with E-state index in [4.69, 9.17) is 5.84 Å². The van der Waals surface area contributed by atoms with E-state index in [1.165, 1.54) is 5.56 Å². The zero-order chi connectivity index (χ0) is 15.2. The van der Waals surface area contributed by atoms with Crippen molar-refractivity contribution in [2.45, 2.75) is 26.3 Å². The molecule has 110 valence electrons. The maximum absolute atomic E-state index is 12.0. The van der Waals surface area contributed by atoms with E-state index in [2.05, 4.69) is 48.9 Å². The molecule has 4 nitrogen and oxygen atoms in total. The number of hydrogen-bond donors (Lipinski definition) is 3. The monoisotopic (exact) mass is 283 g/mol. The van der Waals surface area contributed by atoms with Gasteiger partial charge in [-0.05, 0) is 41.3 Å². The Kier molecular flexibility index (Phi) is 4.95. The number of carbonyl (C=O) groups is 1. The number of nitrogens with two attached hydrogens (primary N) is 1. The maximum atomic E-state index is 12.0. The standard InChI is InChI=1S/C17H21N3O/c1-12(2)14-5-3-13(4-6-14)11-19-17(21)15-7-9-16(20-18)10-8-15/h3-10,12,20H,11,18H2,1-2H3,(H,19,21). The largest absolute Gasteiger partial charge is 0.348 e. The number of amides is 1. The Hall–Kier alpha value is -2.33. The Morgan fingerprint density at radius 3 is 2.19 bits per heavy atom. The second-order valence-electron chi connectivity index (χ2n) is 5.30. The highest BCUT2D eigenvalue weighted by atomic mass is 16.1. The van der Waals surface area contributed by atoms with Gasteiger partial charge in [0.15, 0.2) is 0 Å². The fourth-order valence-electron chi connectivity index (χ4n) is 2.02. The third-order valence-corrected chi connectivity index (χ3v) is 3.41. The molecule has 0 unspecified atom stereocenters. The van der Waals surface area contributed by atoms with Crippen LogP contribution < -0.4 is 16.6 Å². The van der Waals surface area contributed by atoms with Gasteiger partial charge in [-0.3, -0.25) is 10.6 Å². The Morgan fingerprint density at radius 1 is 1.05 bits per heavy atom. The molecule has 2 aromatic carbocycles. The van der Waals surface area contributed by atoms with Gasteiger partial charge in [0.2, 0.25) is 0 Å². The van der Waals surface area contributed by atoms with Crippen LogP contribution in [0.15, 0.2) is 48.5 Å². The lowest BCUT2D eigenvalue weighted by Crippen LogP contribution is -2.22. The molecule has 0 aliphatic heterocycles. The van der Waals surface area contributed by atoms with Gasteiger partial charge >= 0.3 is 0 Å². The van der Waals surface area contributed by atoms with E-state index in [0.29, 0.717) is 18.0 Å². The maximum Gasteiger partial charge on any atom is 0.251 e. The summed E-state index contributed by atoms with van der Waals surface area (Å²) in [6.07, 6.45) is 0. The number of hydrogen-bond acceptors (Lipinski definition) is 3. The molecule has 21 heavy (non-hydrogen) atoms. The van der Waals surface area contributed by atoms with E-state index in [0.717, 1.165) is 11.3 Å². The topological polar surface area (TPSA) is 67.2 Å². The minimum Gasteiger partial charge on any atom is -0.348 e. The van der Waals surface area contributed by atoms with Crippen molar-refractivity contribution < 1.29 is 4.79 Å². The van der Waals surface area contributed by atoms with Crippen LogP contribution in [0.5, 0.6) is 0 Å². The summed E-state index contributed by atoms with van der Waals surface area (Å²) >= 11 is 0. The van der Waals surface area contributed by atoms with Gasteiger partial charge in [-0.1, -0.05) is 38.1 Å². The number of benzene rings is 2. The molecule has 1 amide bonds. The molecular weight excluding hydrogens is 262 g/mol. The molecular formula is C17H21N3O. The molecule has 0 fully saturated rings. The van der Waals surface area contributed by atoms with Crippen LogP contribution in [0.3, 0.4) is 0 Å². The minimum absolute atomic E-state index is 0.0912. The van der Waals surface area contributed by atoms with Crippen LogP contribution in [0, 0.1) is 0 Å². The number of nitrogen functional groups attached to an aromatic ring is 1. The van der Waals surface area contributed by atoms with Crippen LogP contribution in [0.1, 0.15) is 41.3 Å². The summed E-state index contributed by atoms with van der Waals surface area (Å²) in [5, 5.41) is 2.91. The van der Waals surface area contributed by atoms with Gasteiger partial charge in [-0.2, -0.15) is 0 Å². The van der Waals surface area contributed by atoms with E-state index in [1.807, 2.05) is 0 Å². The molecule has 4 heteroatoms. The molecule has 0 aliphatic carbocycles. The molecule has 2 aromatic rings. The van der Waals surface area contributed by atoms with Gasteiger partial charge in [-0.15, -0.1) is 0 Å². The lowest BCUT2D eigenvalue weighted by Gasteiger charge is -2.09. The van der Waals surface area contributed by atoms with Crippen LogP contribution in [0.2, 0.25) is 0 Å². The van der Waals surface area contributed by atoms with Gasteiger partial charge in [0.05, 0.1) is 0 Å². The molecule has 4 N–H and O–H groups in total. The van der Waals surface area contributed by atoms with Gasteiger partial charge in [0, 0.05) is 17.8 Å². The summed E-state index contributed by atoms with van der Waals surface area (Å²) in [6.45, 7) is 4.85. The highest BCUT2D eigenvalue weighted by Gasteiger charge is 2.05. The molecule has 0 bridgehead atoms. The first-order chi connectivity index (χ1) is 10.1. The molecule has 0 heterocycles. The summed E-state index contributed by atoms with van der Waals surface area (Å²) in [4.78, 5) is 12.0. The third-order valence-electron chi connectivity index (χ3n) is 3.41. The zero-order valence-electron chi connectivity index (χ0n) is 12.4. The predicted octanol–water partition coefficient (Wildman–Crippen LogP) is 3.03. The average molecular weight is 283 g/mol. The quantitative estimate of drug-likeness (QED) is 0.583. The predicted molar refractivity (Wildman–Crippen MR) is 86.0 cm³/mol.